The molecule has 124 valence electrons. The Bertz CT molecular complexity index is 691. The van der Waals surface area contributed by atoms with Crippen LogP contribution in [0.1, 0.15) is 37.8 Å². The Morgan fingerprint density at radius 1 is 1.52 bits per heavy atom. The highest BCUT2D eigenvalue weighted by molar-refractivity contribution is 7.10. The van der Waals surface area contributed by atoms with Crippen molar-refractivity contribution < 1.29 is 13.7 Å². The van der Waals surface area contributed by atoms with Crippen LogP contribution < -0.4 is 5.32 Å². The molecule has 23 heavy (non-hydrogen) atoms. The highest BCUT2D eigenvalue weighted by Crippen LogP contribution is 2.30. The fourth-order valence-corrected chi connectivity index (χ4v) is 4.03. The Labute approximate surface area is 138 Å². The Kier molecular flexibility index (Phi) is 4.77. The van der Waals surface area contributed by atoms with Crippen LogP contribution in [-0.2, 0) is 19.5 Å². The summed E-state index contributed by atoms with van der Waals surface area (Å²) in [6.45, 7) is 5.94. The maximum absolute atomic E-state index is 12.2. The number of aromatic nitrogens is 1. The van der Waals surface area contributed by atoms with Crippen molar-refractivity contribution in [1.29, 1.82) is 0 Å². The lowest BCUT2D eigenvalue weighted by Gasteiger charge is -2.27. The lowest BCUT2D eigenvalue weighted by atomic mass is 10.0. The molecule has 3 heterocycles. The number of aryl methyl sites for hydroxylation is 2. The predicted octanol–water partition coefficient (Wildman–Crippen LogP) is 2.61. The van der Waals surface area contributed by atoms with Crippen molar-refractivity contribution in [1.82, 2.24) is 15.4 Å². The van der Waals surface area contributed by atoms with Gasteiger partial charge in [-0.15, -0.1) is 11.3 Å². The molecule has 1 aliphatic heterocycles. The van der Waals surface area contributed by atoms with E-state index in [4.69, 9.17) is 4.52 Å². The molecule has 1 amide bonds. The van der Waals surface area contributed by atoms with E-state index in [1.165, 1.54) is 4.88 Å². The minimum absolute atomic E-state index is 0.0711. The summed E-state index contributed by atoms with van der Waals surface area (Å²) in [7, 11) is 0. The number of hydrogen-bond donors (Lipinski definition) is 1. The standard InChI is InChI=1S/C16H20FN3O2S/c1-10-13(11(2)22-19-10)7-20-6-3-12-14(9-23-15(12)8-20)16(21)18-5-4-17/h9H,3-8H2,1-2H3,(H,18,21). The normalized spacial score (nSPS) is 14.7. The first-order valence-electron chi connectivity index (χ1n) is 7.67. The predicted molar refractivity (Wildman–Crippen MR) is 86.4 cm³/mol. The molecule has 5 nitrogen and oxygen atoms in total. The zero-order valence-electron chi connectivity index (χ0n) is 13.3. The second kappa shape index (κ2) is 6.80. The molecule has 0 bridgehead atoms. The largest absolute Gasteiger partial charge is 0.361 e. The quantitative estimate of drug-likeness (QED) is 0.911. The van der Waals surface area contributed by atoms with Gasteiger partial charge >= 0.3 is 0 Å². The Hall–Kier alpha value is -1.73. The molecular weight excluding hydrogens is 317 g/mol. The number of nitrogens with zero attached hydrogens (tertiary/aromatic N) is 2. The number of fused-ring (bicyclic) bond motifs is 1. The summed E-state index contributed by atoms with van der Waals surface area (Å²) in [6, 6.07) is 0. The lowest BCUT2D eigenvalue weighted by molar-refractivity contribution is 0.0949. The molecule has 0 radical (unpaired) electrons. The molecule has 0 atom stereocenters. The van der Waals surface area contributed by atoms with Gasteiger partial charge in [-0.25, -0.2) is 4.39 Å². The molecule has 1 N–H and O–H groups in total. The average Bonchev–Trinajstić information content (AvgIpc) is 3.10. The van der Waals surface area contributed by atoms with E-state index in [-0.39, 0.29) is 12.5 Å². The number of carbonyl (C=O) groups excluding carboxylic acids is 1. The van der Waals surface area contributed by atoms with Gasteiger partial charge in [0.15, 0.2) is 0 Å². The van der Waals surface area contributed by atoms with E-state index in [2.05, 4.69) is 15.4 Å². The molecular formula is C16H20FN3O2S. The first kappa shape index (κ1) is 16.1. The van der Waals surface area contributed by atoms with Crippen LogP contribution >= 0.6 is 11.3 Å². The van der Waals surface area contributed by atoms with E-state index in [0.29, 0.717) is 5.56 Å². The lowest BCUT2D eigenvalue weighted by Crippen LogP contribution is -2.31. The highest BCUT2D eigenvalue weighted by Gasteiger charge is 2.25. The van der Waals surface area contributed by atoms with Gasteiger partial charge in [-0.05, 0) is 25.8 Å². The number of carbonyl (C=O) groups is 1. The van der Waals surface area contributed by atoms with Gasteiger partial charge in [0.25, 0.3) is 5.91 Å². The number of hydrogen-bond acceptors (Lipinski definition) is 5. The molecule has 2 aromatic rings. The van der Waals surface area contributed by atoms with Crippen molar-refractivity contribution >= 4 is 17.2 Å². The monoisotopic (exact) mass is 337 g/mol. The number of nitrogens with one attached hydrogen (secondary N) is 1. The summed E-state index contributed by atoms with van der Waals surface area (Å²) in [4.78, 5) is 15.6. The summed E-state index contributed by atoms with van der Waals surface area (Å²) >= 11 is 1.60. The molecule has 0 saturated heterocycles. The third kappa shape index (κ3) is 3.30. The maximum atomic E-state index is 12.2. The molecule has 0 fully saturated rings. The van der Waals surface area contributed by atoms with Gasteiger partial charge in [0, 0.05) is 42.0 Å². The van der Waals surface area contributed by atoms with Crippen LogP contribution in [0.5, 0.6) is 0 Å². The number of halogens is 1. The molecule has 0 spiro atoms. The number of alkyl halides is 1. The Morgan fingerprint density at radius 3 is 3.04 bits per heavy atom. The van der Waals surface area contributed by atoms with Crippen LogP contribution in [0.15, 0.2) is 9.90 Å². The highest BCUT2D eigenvalue weighted by atomic mass is 32.1. The van der Waals surface area contributed by atoms with E-state index >= 15 is 0 Å². The maximum Gasteiger partial charge on any atom is 0.252 e. The molecule has 0 aromatic carbocycles. The van der Waals surface area contributed by atoms with E-state index in [0.717, 1.165) is 48.6 Å². The molecule has 2 aromatic heterocycles. The fourth-order valence-electron chi connectivity index (χ4n) is 2.91. The second-order valence-electron chi connectivity index (χ2n) is 5.76. The molecule has 0 unspecified atom stereocenters. The number of amides is 1. The van der Waals surface area contributed by atoms with Crippen LogP contribution in [0.3, 0.4) is 0 Å². The van der Waals surface area contributed by atoms with E-state index in [9.17, 15) is 9.18 Å². The van der Waals surface area contributed by atoms with Crippen LogP contribution in [-0.4, -0.2) is 35.7 Å². The van der Waals surface area contributed by atoms with E-state index in [1.807, 2.05) is 19.2 Å². The summed E-state index contributed by atoms with van der Waals surface area (Å²) in [5.41, 5.74) is 3.90. The van der Waals surface area contributed by atoms with Gasteiger partial charge in [0.2, 0.25) is 0 Å². The van der Waals surface area contributed by atoms with E-state index < -0.39 is 6.67 Å². The van der Waals surface area contributed by atoms with Crippen molar-refractivity contribution in [3.05, 3.63) is 38.4 Å². The van der Waals surface area contributed by atoms with Crippen molar-refractivity contribution in [3.8, 4) is 0 Å². The molecule has 3 rings (SSSR count). The Morgan fingerprint density at radius 2 is 2.35 bits per heavy atom. The van der Waals surface area contributed by atoms with Gasteiger partial charge in [-0.1, -0.05) is 5.16 Å². The van der Waals surface area contributed by atoms with Crippen LogP contribution in [0, 0.1) is 13.8 Å². The number of rotatable bonds is 5. The SMILES string of the molecule is Cc1noc(C)c1CN1CCc2c(C(=O)NCCF)csc2C1. The zero-order valence-corrected chi connectivity index (χ0v) is 14.1. The first-order chi connectivity index (χ1) is 11.1. The first-order valence-corrected chi connectivity index (χ1v) is 8.55. The van der Waals surface area contributed by atoms with Crippen molar-refractivity contribution in [2.75, 3.05) is 19.8 Å². The molecule has 1 aliphatic rings. The summed E-state index contributed by atoms with van der Waals surface area (Å²) in [6.07, 6.45) is 0.834. The van der Waals surface area contributed by atoms with Crippen molar-refractivity contribution in [2.45, 2.75) is 33.4 Å². The smallest absolute Gasteiger partial charge is 0.252 e. The van der Waals surface area contributed by atoms with Crippen LogP contribution in [0.4, 0.5) is 4.39 Å². The van der Waals surface area contributed by atoms with Crippen molar-refractivity contribution in [3.63, 3.8) is 0 Å². The number of thiophene rings is 1. The Balaban J connectivity index is 1.70. The summed E-state index contributed by atoms with van der Waals surface area (Å²) in [5, 5.41) is 8.49. The van der Waals surface area contributed by atoms with Gasteiger partial charge < -0.3 is 9.84 Å². The minimum atomic E-state index is -0.538. The fraction of sp³-hybridized carbons (Fsp3) is 0.500. The summed E-state index contributed by atoms with van der Waals surface area (Å²) < 4.78 is 17.4. The van der Waals surface area contributed by atoms with Crippen LogP contribution in [0.2, 0.25) is 0 Å². The third-order valence-electron chi connectivity index (χ3n) is 4.21. The van der Waals surface area contributed by atoms with Crippen molar-refractivity contribution in [2.24, 2.45) is 0 Å². The van der Waals surface area contributed by atoms with Gasteiger partial charge in [-0.2, -0.15) is 0 Å². The van der Waals surface area contributed by atoms with Gasteiger partial charge in [0.1, 0.15) is 12.4 Å². The minimum Gasteiger partial charge on any atom is -0.361 e. The average molecular weight is 337 g/mol. The molecule has 0 aliphatic carbocycles. The summed E-state index contributed by atoms with van der Waals surface area (Å²) in [5.74, 6) is 0.699. The topological polar surface area (TPSA) is 58.4 Å². The van der Waals surface area contributed by atoms with Gasteiger partial charge in [-0.3, -0.25) is 9.69 Å². The third-order valence-corrected chi connectivity index (χ3v) is 5.23. The van der Waals surface area contributed by atoms with E-state index in [1.54, 1.807) is 11.3 Å². The second-order valence-corrected chi connectivity index (χ2v) is 6.72. The molecule has 0 saturated carbocycles. The molecule has 7 heteroatoms. The van der Waals surface area contributed by atoms with Gasteiger partial charge in [0.05, 0.1) is 11.3 Å². The van der Waals surface area contributed by atoms with Crippen LogP contribution in [0.25, 0.3) is 0 Å². The zero-order chi connectivity index (χ0) is 16.4.